The normalized spacial score (nSPS) is 14.0. The highest BCUT2D eigenvalue weighted by atomic mass is 35.5. The second-order valence-electron chi connectivity index (χ2n) is 8.47. The van der Waals surface area contributed by atoms with E-state index in [1.165, 1.54) is 5.56 Å². The molecule has 0 saturated carbocycles. The Hall–Kier alpha value is -1.95. The summed E-state index contributed by atoms with van der Waals surface area (Å²) in [4.78, 5) is 2.54. The summed E-state index contributed by atoms with van der Waals surface area (Å²) in [5, 5.41) is 4.47. The van der Waals surface area contributed by atoms with Crippen LogP contribution in [0, 0.1) is 0 Å². The highest BCUT2D eigenvalue weighted by Crippen LogP contribution is 2.33. The molecule has 1 aliphatic heterocycles. The number of nitrogens with one attached hydrogen (secondary N) is 1. The average molecular weight is 538 g/mol. The van der Waals surface area contributed by atoms with Gasteiger partial charge in [0.25, 0.3) is 0 Å². The van der Waals surface area contributed by atoms with Crippen LogP contribution in [0.25, 0.3) is 0 Å². The molecule has 190 valence electrons. The maximum Gasteiger partial charge on any atom is 0.166 e. The summed E-state index contributed by atoms with van der Waals surface area (Å²) >= 11 is 6.33. The van der Waals surface area contributed by atoms with Crippen molar-refractivity contribution in [3.8, 4) is 11.5 Å². The molecule has 1 saturated heterocycles. The minimum Gasteiger partial charge on any atom is -0.490 e. The van der Waals surface area contributed by atoms with Crippen molar-refractivity contribution in [3.63, 3.8) is 0 Å². The average Bonchev–Trinajstić information content (AvgIpc) is 2.85. The molecule has 3 aromatic rings. The fourth-order valence-corrected chi connectivity index (χ4v) is 4.48. The van der Waals surface area contributed by atoms with Gasteiger partial charge in [-0.15, -0.1) is 24.8 Å². The molecule has 0 aliphatic carbocycles. The lowest BCUT2D eigenvalue weighted by Gasteiger charge is -2.32. The molecule has 1 aliphatic rings. The van der Waals surface area contributed by atoms with E-state index in [0.29, 0.717) is 24.3 Å². The molecule has 0 unspecified atom stereocenters. The predicted octanol–water partition coefficient (Wildman–Crippen LogP) is 6.92. The van der Waals surface area contributed by atoms with Crippen LogP contribution in [0.3, 0.4) is 0 Å². The summed E-state index contributed by atoms with van der Waals surface area (Å²) in [7, 11) is 0. The Labute approximate surface area is 226 Å². The maximum absolute atomic E-state index is 6.33. The summed E-state index contributed by atoms with van der Waals surface area (Å²) < 4.78 is 12.1. The van der Waals surface area contributed by atoms with Crippen LogP contribution in [-0.4, -0.2) is 30.6 Å². The lowest BCUT2D eigenvalue weighted by atomic mass is 10.0. The van der Waals surface area contributed by atoms with Crippen LogP contribution in [-0.2, 0) is 19.7 Å². The summed E-state index contributed by atoms with van der Waals surface area (Å²) in [5.41, 5.74) is 3.46. The first-order chi connectivity index (χ1) is 16.2. The standard InChI is InChI=1S/C28H33ClN2O2.2ClH/c1-2-32-27-14-8-12-23(28(27)33-21-24-11-6-7-13-26(24)29)19-30-25-15-17-31(18-16-25)20-22-9-4-3-5-10-22;;/h3-14,25,30H,2,15-21H2,1H3;2*1H. The molecule has 4 nitrogen and oxygen atoms in total. The van der Waals surface area contributed by atoms with Crippen LogP contribution in [0.1, 0.15) is 36.5 Å². The number of benzene rings is 3. The molecule has 0 bridgehead atoms. The van der Waals surface area contributed by atoms with Crippen LogP contribution in [0.2, 0.25) is 5.02 Å². The molecule has 1 heterocycles. The largest absolute Gasteiger partial charge is 0.490 e. The topological polar surface area (TPSA) is 33.7 Å². The molecule has 35 heavy (non-hydrogen) atoms. The van der Waals surface area contributed by atoms with Gasteiger partial charge in [0.1, 0.15) is 6.61 Å². The predicted molar refractivity (Wildman–Crippen MR) is 149 cm³/mol. The lowest BCUT2D eigenvalue weighted by molar-refractivity contribution is 0.189. The molecule has 0 aromatic heterocycles. The second-order valence-corrected chi connectivity index (χ2v) is 8.88. The van der Waals surface area contributed by atoms with E-state index in [-0.39, 0.29) is 24.8 Å². The van der Waals surface area contributed by atoms with E-state index >= 15 is 0 Å². The smallest absolute Gasteiger partial charge is 0.166 e. The second kappa shape index (κ2) is 15.2. The summed E-state index contributed by atoms with van der Waals surface area (Å²) in [6.45, 7) is 7.01. The molecule has 0 atom stereocenters. The number of hydrogen-bond acceptors (Lipinski definition) is 4. The lowest BCUT2D eigenvalue weighted by Crippen LogP contribution is -2.41. The molecular formula is C28H35Cl3N2O2. The van der Waals surface area contributed by atoms with E-state index in [1.807, 2.05) is 43.3 Å². The van der Waals surface area contributed by atoms with Gasteiger partial charge in [0.2, 0.25) is 0 Å². The van der Waals surface area contributed by atoms with E-state index in [9.17, 15) is 0 Å². The third-order valence-corrected chi connectivity index (χ3v) is 6.48. The fourth-order valence-electron chi connectivity index (χ4n) is 4.29. The van der Waals surface area contributed by atoms with Crippen molar-refractivity contribution in [3.05, 3.63) is 94.5 Å². The van der Waals surface area contributed by atoms with Gasteiger partial charge in [-0.25, -0.2) is 0 Å². The van der Waals surface area contributed by atoms with Crippen LogP contribution < -0.4 is 14.8 Å². The SMILES string of the molecule is CCOc1cccc(CNC2CCN(Cc3ccccc3)CC2)c1OCc1ccccc1Cl.Cl.Cl. The van der Waals surface area contributed by atoms with E-state index in [1.54, 1.807) is 0 Å². The zero-order valence-electron chi connectivity index (χ0n) is 20.1. The van der Waals surface area contributed by atoms with Crippen molar-refractivity contribution < 1.29 is 9.47 Å². The minimum absolute atomic E-state index is 0. The van der Waals surface area contributed by atoms with Gasteiger partial charge in [0.05, 0.1) is 6.61 Å². The Morgan fingerprint density at radius 1 is 0.857 bits per heavy atom. The molecule has 4 rings (SSSR count). The van der Waals surface area contributed by atoms with Crippen LogP contribution in [0.5, 0.6) is 11.5 Å². The quantitative estimate of drug-likeness (QED) is 0.304. The molecule has 3 aromatic carbocycles. The first-order valence-corrected chi connectivity index (χ1v) is 12.2. The number of piperidine rings is 1. The van der Waals surface area contributed by atoms with Gasteiger partial charge in [-0.2, -0.15) is 0 Å². The number of ether oxygens (including phenoxy) is 2. The van der Waals surface area contributed by atoms with Crippen LogP contribution >= 0.6 is 36.4 Å². The van der Waals surface area contributed by atoms with E-state index in [4.69, 9.17) is 21.1 Å². The number of hydrogen-bond donors (Lipinski definition) is 1. The molecule has 7 heteroatoms. The van der Waals surface area contributed by atoms with Gasteiger partial charge in [-0.05, 0) is 50.6 Å². The third-order valence-electron chi connectivity index (χ3n) is 6.11. The Balaban J connectivity index is 0.00000216. The molecular weight excluding hydrogens is 503 g/mol. The molecule has 0 spiro atoms. The van der Waals surface area contributed by atoms with Crippen molar-refractivity contribution in [2.75, 3.05) is 19.7 Å². The third kappa shape index (κ3) is 8.59. The van der Waals surface area contributed by atoms with E-state index in [0.717, 1.165) is 61.6 Å². The van der Waals surface area contributed by atoms with Crippen molar-refractivity contribution in [2.45, 2.75) is 45.5 Å². The van der Waals surface area contributed by atoms with Crippen LogP contribution in [0.15, 0.2) is 72.8 Å². The molecule has 1 fully saturated rings. The summed E-state index contributed by atoms with van der Waals surface area (Å²) in [5.74, 6) is 1.58. The monoisotopic (exact) mass is 536 g/mol. The number of likely N-dealkylation sites (tertiary alicyclic amines) is 1. The van der Waals surface area contributed by atoms with Gasteiger partial charge in [0, 0.05) is 35.3 Å². The zero-order valence-corrected chi connectivity index (χ0v) is 22.5. The molecule has 0 amide bonds. The van der Waals surface area contributed by atoms with Gasteiger partial charge in [0.15, 0.2) is 11.5 Å². The maximum atomic E-state index is 6.33. The molecule has 0 radical (unpaired) electrons. The first-order valence-electron chi connectivity index (χ1n) is 11.8. The Bertz CT molecular complexity index is 1010. The number of rotatable bonds is 10. The number of nitrogens with zero attached hydrogens (tertiary/aromatic N) is 1. The Morgan fingerprint density at radius 3 is 2.26 bits per heavy atom. The Morgan fingerprint density at radius 2 is 1.54 bits per heavy atom. The summed E-state index contributed by atoms with van der Waals surface area (Å²) in [6, 6.07) is 25.1. The van der Waals surface area contributed by atoms with Gasteiger partial charge >= 0.3 is 0 Å². The van der Waals surface area contributed by atoms with Crippen molar-refractivity contribution in [1.82, 2.24) is 10.2 Å². The van der Waals surface area contributed by atoms with Crippen molar-refractivity contribution in [2.24, 2.45) is 0 Å². The highest BCUT2D eigenvalue weighted by molar-refractivity contribution is 6.31. The van der Waals surface area contributed by atoms with E-state index < -0.39 is 0 Å². The fraction of sp³-hybridized carbons (Fsp3) is 0.357. The summed E-state index contributed by atoms with van der Waals surface area (Å²) in [6.07, 6.45) is 2.29. The number of para-hydroxylation sites is 1. The van der Waals surface area contributed by atoms with Gasteiger partial charge in [-0.1, -0.05) is 72.3 Å². The number of halogens is 3. The van der Waals surface area contributed by atoms with Gasteiger partial charge in [-0.3, -0.25) is 4.90 Å². The highest BCUT2D eigenvalue weighted by Gasteiger charge is 2.20. The zero-order chi connectivity index (χ0) is 22.9. The van der Waals surface area contributed by atoms with E-state index in [2.05, 4.69) is 46.6 Å². The minimum atomic E-state index is 0. The van der Waals surface area contributed by atoms with Crippen LogP contribution in [0.4, 0.5) is 0 Å². The van der Waals surface area contributed by atoms with Crippen molar-refractivity contribution >= 4 is 36.4 Å². The Kier molecular flexibility index (Phi) is 12.7. The van der Waals surface area contributed by atoms with Gasteiger partial charge < -0.3 is 14.8 Å². The first kappa shape index (κ1) is 29.3. The molecule has 1 N–H and O–H groups in total. The van der Waals surface area contributed by atoms with Crippen molar-refractivity contribution in [1.29, 1.82) is 0 Å².